The second kappa shape index (κ2) is 6.12. The van der Waals surface area contributed by atoms with Gasteiger partial charge in [-0.05, 0) is 18.9 Å². The highest BCUT2D eigenvalue weighted by Gasteiger charge is 2.46. The van der Waals surface area contributed by atoms with Crippen molar-refractivity contribution in [2.45, 2.75) is 26.4 Å². The van der Waals surface area contributed by atoms with Crippen LogP contribution in [0.25, 0.3) is 0 Å². The molecule has 21 heavy (non-hydrogen) atoms. The fourth-order valence-electron chi connectivity index (χ4n) is 3.31. The number of rotatable bonds is 3. The summed E-state index contributed by atoms with van der Waals surface area (Å²) >= 11 is 0. The maximum atomic E-state index is 12.8. The molecule has 0 spiro atoms. The van der Waals surface area contributed by atoms with E-state index in [9.17, 15) is 18.0 Å². The minimum Gasteiger partial charge on any atom is -0.340 e. The van der Waals surface area contributed by atoms with Gasteiger partial charge >= 0.3 is 6.18 Å². The van der Waals surface area contributed by atoms with Crippen LogP contribution in [0.15, 0.2) is 0 Å². The zero-order chi connectivity index (χ0) is 15.7. The third-order valence-corrected chi connectivity index (χ3v) is 4.78. The molecule has 0 bridgehead atoms. The van der Waals surface area contributed by atoms with Crippen molar-refractivity contribution in [2.24, 2.45) is 11.3 Å². The van der Waals surface area contributed by atoms with E-state index in [1.165, 1.54) is 4.90 Å². The summed E-state index contributed by atoms with van der Waals surface area (Å²) in [4.78, 5) is 15.9. The molecule has 2 aliphatic heterocycles. The summed E-state index contributed by atoms with van der Waals surface area (Å²) < 4.78 is 37.1. The molecule has 122 valence electrons. The fraction of sp³-hybridized carbons (Fsp3) is 0.929. The Morgan fingerprint density at radius 1 is 1.24 bits per heavy atom. The molecular formula is C14H24F3N3O. The summed E-state index contributed by atoms with van der Waals surface area (Å²) in [5.74, 6) is 0.336. The van der Waals surface area contributed by atoms with Crippen molar-refractivity contribution in [1.29, 1.82) is 0 Å². The number of carbonyl (C=O) groups excluding carboxylic acids is 1. The molecule has 1 unspecified atom stereocenters. The van der Waals surface area contributed by atoms with Gasteiger partial charge in [0.25, 0.3) is 0 Å². The maximum Gasteiger partial charge on any atom is 0.401 e. The number of hydrogen-bond acceptors (Lipinski definition) is 3. The van der Waals surface area contributed by atoms with E-state index in [0.29, 0.717) is 32.7 Å². The molecule has 1 atom stereocenters. The Balaban J connectivity index is 1.94. The van der Waals surface area contributed by atoms with Gasteiger partial charge in [-0.1, -0.05) is 13.8 Å². The van der Waals surface area contributed by atoms with Gasteiger partial charge in [0.1, 0.15) is 0 Å². The van der Waals surface area contributed by atoms with E-state index in [1.807, 2.05) is 13.8 Å². The minimum absolute atomic E-state index is 0.106. The van der Waals surface area contributed by atoms with E-state index < -0.39 is 12.7 Å². The van der Waals surface area contributed by atoms with Gasteiger partial charge in [0.2, 0.25) is 5.91 Å². The first kappa shape index (κ1) is 16.5. The molecule has 1 N–H and O–H groups in total. The molecule has 0 aromatic carbocycles. The molecule has 2 saturated heterocycles. The molecule has 1 amide bonds. The van der Waals surface area contributed by atoms with Gasteiger partial charge in [0, 0.05) is 32.7 Å². The Hall–Kier alpha value is -0.820. The normalized spacial score (nSPS) is 28.4. The molecule has 0 aliphatic carbocycles. The first-order chi connectivity index (χ1) is 9.74. The number of hydrogen-bond donors (Lipinski definition) is 1. The predicted octanol–water partition coefficient (Wildman–Crippen LogP) is 1.33. The Morgan fingerprint density at radius 3 is 2.29 bits per heavy atom. The van der Waals surface area contributed by atoms with Gasteiger partial charge in [-0.3, -0.25) is 9.69 Å². The van der Waals surface area contributed by atoms with E-state index >= 15 is 0 Å². The summed E-state index contributed by atoms with van der Waals surface area (Å²) in [6.45, 7) is 6.10. The number of alkyl halides is 3. The van der Waals surface area contributed by atoms with Crippen molar-refractivity contribution < 1.29 is 18.0 Å². The van der Waals surface area contributed by atoms with Gasteiger partial charge in [-0.25, -0.2) is 0 Å². The highest BCUT2D eigenvalue weighted by Crippen LogP contribution is 2.36. The lowest BCUT2D eigenvalue weighted by Gasteiger charge is -2.41. The van der Waals surface area contributed by atoms with E-state index in [-0.39, 0.29) is 17.2 Å². The number of nitrogens with zero attached hydrogens (tertiary/aromatic N) is 2. The monoisotopic (exact) mass is 307 g/mol. The van der Waals surface area contributed by atoms with Crippen molar-refractivity contribution in [2.75, 3.05) is 45.8 Å². The van der Waals surface area contributed by atoms with Gasteiger partial charge < -0.3 is 10.2 Å². The number of nitrogens with one attached hydrogen (secondary N) is 1. The summed E-state index contributed by atoms with van der Waals surface area (Å²) in [5.41, 5.74) is -0.383. The quantitative estimate of drug-likeness (QED) is 0.854. The van der Waals surface area contributed by atoms with Crippen LogP contribution in [-0.2, 0) is 4.79 Å². The van der Waals surface area contributed by atoms with Gasteiger partial charge in [0.05, 0.1) is 12.0 Å². The van der Waals surface area contributed by atoms with Gasteiger partial charge in [0.15, 0.2) is 0 Å². The first-order valence-electron chi connectivity index (χ1n) is 7.54. The lowest BCUT2D eigenvalue weighted by molar-refractivity contribution is -0.155. The smallest absolute Gasteiger partial charge is 0.340 e. The van der Waals surface area contributed by atoms with Crippen molar-refractivity contribution in [1.82, 2.24) is 15.1 Å². The van der Waals surface area contributed by atoms with Crippen molar-refractivity contribution in [3.63, 3.8) is 0 Å². The SMILES string of the molecule is CC(C)C1(C(=O)N2CCN(CC(F)(F)F)CC2)CCNC1. The summed E-state index contributed by atoms with van der Waals surface area (Å²) in [6.07, 6.45) is -3.35. The highest BCUT2D eigenvalue weighted by atomic mass is 19.4. The van der Waals surface area contributed by atoms with Crippen LogP contribution in [0.1, 0.15) is 20.3 Å². The van der Waals surface area contributed by atoms with Crippen LogP contribution in [0.3, 0.4) is 0 Å². The number of halogens is 3. The average Bonchev–Trinajstić information content (AvgIpc) is 2.87. The van der Waals surface area contributed by atoms with E-state index in [0.717, 1.165) is 13.0 Å². The van der Waals surface area contributed by atoms with Crippen LogP contribution in [0.4, 0.5) is 13.2 Å². The highest BCUT2D eigenvalue weighted by molar-refractivity contribution is 5.84. The second-order valence-electron chi connectivity index (χ2n) is 6.42. The second-order valence-corrected chi connectivity index (χ2v) is 6.42. The summed E-state index contributed by atoms with van der Waals surface area (Å²) in [7, 11) is 0. The zero-order valence-electron chi connectivity index (χ0n) is 12.7. The molecule has 0 radical (unpaired) electrons. The van der Waals surface area contributed by atoms with Crippen LogP contribution in [0.5, 0.6) is 0 Å². The lowest BCUT2D eigenvalue weighted by Crippen LogP contribution is -2.56. The van der Waals surface area contributed by atoms with E-state index in [2.05, 4.69) is 5.32 Å². The Bertz CT molecular complexity index is 370. The molecule has 4 nitrogen and oxygen atoms in total. The Morgan fingerprint density at radius 2 is 1.86 bits per heavy atom. The molecule has 2 heterocycles. The molecule has 0 aromatic rings. The third-order valence-electron chi connectivity index (χ3n) is 4.78. The maximum absolute atomic E-state index is 12.8. The van der Waals surface area contributed by atoms with Crippen molar-refractivity contribution in [3.8, 4) is 0 Å². The Labute approximate surface area is 123 Å². The zero-order valence-corrected chi connectivity index (χ0v) is 12.7. The average molecular weight is 307 g/mol. The van der Waals surface area contributed by atoms with Crippen molar-refractivity contribution in [3.05, 3.63) is 0 Å². The molecule has 0 aromatic heterocycles. The van der Waals surface area contributed by atoms with E-state index in [4.69, 9.17) is 0 Å². The standard InChI is InChI=1S/C14H24F3N3O/c1-11(2)13(3-4-18-9-13)12(21)20-7-5-19(6-8-20)10-14(15,16)17/h11,18H,3-10H2,1-2H3. The van der Waals surface area contributed by atoms with E-state index in [1.54, 1.807) is 4.90 Å². The largest absolute Gasteiger partial charge is 0.401 e. The van der Waals surface area contributed by atoms with Crippen LogP contribution in [0, 0.1) is 11.3 Å². The summed E-state index contributed by atoms with van der Waals surface area (Å²) in [6, 6.07) is 0. The molecule has 7 heteroatoms. The molecular weight excluding hydrogens is 283 g/mol. The molecule has 2 aliphatic rings. The predicted molar refractivity (Wildman–Crippen MR) is 73.8 cm³/mol. The minimum atomic E-state index is -4.17. The van der Waals surface area contributed by atoms with Gasteiger partial charge in [-0.15, -0.1) is 0 Å². The number of carbonyl (C=O) groups is 1. The third kappa shape index (κ3) is 3.69. The summed E-state index contributed by atoms with van der Waals surface area (Å²) in [5, 5.41) is 3.25. The van der Waals surface area contributed by atoms with Crippen LogP contribution in [0.2, 0.25) is 0 Å². The number of piperazine rings is 1. The molecule has 2 fully saturated rings. The first-order valence-corrected chi connectivity index (χ1v) is 7.54. The van der Waals surface area contributed by atoms with Gasteiger partial charge in [-0.2, -0.15) is 13.2 Å². The van der Waals surface area contributed by atoms with Crippen molar-refractivity contribution >= 4 is 5.91 Å². The fourth-order valence-corrected chi connectivity index (χ4v) is 3.31. The van der Waals surface area contributed by atoms with Crippen LogP contribution >= 0.6 is 0 Å². The molecule has 0 saturated carbocycles. The van der Waals surface area contributed by atoms with Crippen LogP contribution in [-0.4, -0.2) is 67.7 Å². The molecule has 2 rings (SSSR count). The van der Waals surface area contributed by atoms with Crippen LogP contribution < -0.4 is 5.32 Å². The topological polar surface area (TPSA) is 35.6 Å². The Kier molecular flexibility index (Phi) is 4.82. The number of amides is 1. The lowest BCUT2D eigenvalue weighted by atomic mass is 9.75.